The van der Waals surface area contributed by atoms with Gasteiger partial charge in [0.15, 0.2) is 11.5 Å². The first-order valence-electron chi connectivity index (χ1n) is 11.9. The molecule has 1 aromatic rings. The molecule has 1 aromatic carbocycles. The van der Waals surface area contributed by atoms with Crippen LogP contribution in [0, 0.1) is 22.7 Å². The molecule has 0 saturated heterocycles. The Morgan fingerprint density at radius 1 is 0.667 bits per heavy atom. The zero-order chi connectivity index (χ0) is 26.2. The van der Waals surface area contributed by atoms with Gasteiger partial charge in [0.25, 0.3) is 0 Å². The third-order valence-corrected chi connectivity index (χ3v) is 11.0. The number of ether oxygens (including phenoxy) is 2. The molecule has 0 radical (unpaired) electrons. The summed E-state index contributed by atoms with van der Waals surface area (Å²) in [5.41, 5.74) is 1.09. The number of allylic oxidation sites excluding steroid dienone is 2. The number of hydrogen-bond donors (Lipinski definition) is 0. The fourth-order valence-corrected chi connectivity index (χ4v) is 8.54. The summed E-state index contributed by atoms with van der Waals surface area (Å²) in [5, 5.41) is 19.0. The number of benzene rings is 1. The van der Waals surface area contributed by atoms with Crippen molar-refractivity contribution >= 4 is 59.0 Å². The average molecular weight is 561 g/mol. The number of nitriles is 2. The molecule has 0 unspecified atom stereocenters. The van der Waals surface area contributed by atoms with E-state index in [0.29, 0.717) is 55.1 Å². The zero-order valence-corrected chi connectivity index (χ0v) is 24.1. The van der Waals surface area contributed by atoms with Gasteiger partial charge in [0.2, 0.25) is 0 Å². The number of fused-ring (bicyclic) bond motifs is 2. The Morgan fingerprint density at radius 2 is 1.00 bits per heavy atom. The van der Waals surface area contributed by atoms with Gasteiger partial charge in [-0.25, -0.2) is 0 Å². The smallest absolute Gasteiger partial charge is 0.311 e. The van der Waals surface area contributed by atoms with E-state index in [2.05, 4.69) is 26.0 Å². The molecule has 6 nitrogen and oxygen atoms in total. The normalized spacial score (nSPS) is 13.5. The van der Waals surface area contributed by atoms with Crippen LogP contribution in [0.1, 0.15) is 79.1 Å². The number of carbonyl (C=O) groups excluding carboxylic acids is 2. The number of unbranched alkanes of at least 4 members (excludes halogenated alkanes) is 4. The molecular formula is C26H28N2O4S4. The van der Waals surface area contributed by atoms with Crippen molar-refractivity contribution in [2.45, 2.75) is 98.6 Å². The Bertz CT molecular complexity index is 1070. The van der Waals surface area contributed by atoms with Gasteiger partial charge in [-0.2, -0.15) is 10.5 Å². The Labute approximate surface area is 229 Å². The van der Waals surface area contributed by atoms with E-state index in [1.54, 1.807) is 13.8 Å². The molecule has 3 rings (SSSR count). The summed E-state index contributed by atoms with van der Waals surface area (Å²) < 4.78 is 13.4. The fourth-order valence-electron chi connectivity index (χ4n) is 3.35. The lowest BCUT2D eigenvalue weighted by atomic mass is 10.2. The van der Waals surface area contributed by atoms with E-state index in [-0.39, 0.29) is 11.9 Å². The number of esters is 2. The van der Waals surface area contributed by atoms with E-state index in [1.807, 2.05) is 0 Å². The van der Waals surface area contributed by atoms with Gasteiger partial charge in [0, 0.05) is 24.0 Å². The van der Waals surface area contributed by atoms with Crippen LogP contribution in [0.4, 0.5) is 0 Å². The molecule has 0 saturated carbocycles. The first kappa shape index (κ1) is 28.6. The lowest BCUT2D eigenvalue weighted by molar-refractivity contribution is -0.136. The van der Waals surface area contributed by atoms with E-state index in [4.69, 9.17) is 9.47 Å². The molecule has 36 heavy (non-hydrogen) atoms. The quantitative estimate of drug-likeness (QED) is 0.120. The second kappa shape index (κ2) is 13.5. The molecule has 0 N–H and O–H groups in total. The van der Waals surface area contributed by atoms with Crippen molar-refractivity contribution in [1.82, 2.24) is 0 Å². The Balaban J connectivity index is 2.11. The van der Waals surface area contributed by atoms with Crippen LogP contribution in [-0.4, -0.2) is 11.9 Å². The van der Waals surface area contributed by atoms with Crippen LogP contribution in [0.15, 0.2) is 39.2 Å². The monoisotopic (exact) mass is 560 g/mol. The summed E-state index contributed by atoms with van der Waals surface area (Å²) in [7, 11) is 0. The number of thioether (sulfide) groups is 4. The van der Waals surface area contributed by atoms with Crippen molar-refractivity contribution in [2.75, 3.05) is 0 Å². The average Bonchev–Trinajstić information content (AvgIpc) is 3.51. The Hall–Kier alpha value is -1.98. The summed E-state index contributed by atoms with van der Waals surface area (Å²) in [5.74, 6) is 0.196. The van der Waals surface area contributed by atoms with Crippen molar-refractivity contribution in [1.29, 1.82) is 10.5 Å². The zero-order valence-electron chi connectivity index (χ0n) is 20.8. The third-order valence-electron chi connectivity index (χ3n) is 5.36. The van der Waals surface area contributed by atoms with Gasteiger partial charge in [-0.3, -0.25) is 9.59 Å². The number of nitrogens with zero attached hydrogens (tertiary/aromatic N) is 2. The van der Waals surface area contributed by atoms with E-state index >= 15 is 0 Å². The lowest BCUT2D eigenvalue weighted by Gasteiger charge is -2.16. The Morgan fingerprint density at radius 3 is 1.28 bits per heavy atom. The van der Waals surface area contributed by atoms with Crippen molar-refractivity contribution in [3.05, 3.63) is 19.6 Å². The number of rotatable bonds is 10. The highest BCUT2D eigenvalue weighted by Crippen LogP contribution is 2.68. The molecule has 190 valence electrons. The van der Waals surface area contributed by atoms with E-state index < -0.39 is 0 Å². The fraction of sp³-hybridized carbons (Fsp3) is 0.462. The summed E-state index contributed by atoms with van der Waals surface area (Å²) in [6, 6.07) is 4.37. The van der Waals surface area contributed by atoms with Gasteiger partial charge < -0.3 is 9.47 Å². The molecule has 2 heterocycles. The summed E-state index contributed by atoms with van der Waals surface area (Å²) in [6.45, 7) is 7.63. The minimum Gasteiger partial charge on any atom is -0.424 e. The van der Waals surface area contributed by atoms with E-state index in [0.717, 1.165) is 47.0 Å². The first-order chi connectivity index (χ1) is 17.3. The number of hydrogen-bond acceptors (Lipinski definition) is 10. The molecule has 0 amide bonds. The standard InChI is InChI=1S/C26H28N2O4S4/c1-5-7-9-11-17(29)31-19-21-23(35-25(33-21)15(3)13-27)20(32-18(30)12-10-8-6-2)24-22(19)34-26(36-24)16(4)14-28/h5-12H2,1-4H3. The van der Waals surface area contributed by atoms with Gasteiger partial charge in [-0.1, -0.05) is 86.6 Å². The maximum absolute atomic E-state index is 12.8. The molecular weight excluding hydrogens is 533 g/mol. The van der Waals surface area contributed by atoms with Gasteiger partial charge in [-0.05, 0) is 26.7 Å². The maximum atomic E-state index is 12.8. The molecule has 0 bridgehead atoms. The maximum Gasteiger partial charge on any atom is 0.311 e. The van der Waals surface area contributed by atoms with Crippen LogP contribution in [0.3, 0.4) is 0 Å². The molecule has 2 aliphatic heterocycles. The highest BCUT2D eigenvalue weighted by Gasteiger charge is 2.39. The van der Waals surface area contributed by atoms with Gasteiger partial charge in [0.1, 0.15) is 0 Å². The lowest BCUT2D eigenvalue weighted by Crippen LogP contribution is -2.11. The summed E-state index contributed by atoms with van der Waals surface area (Å²) in [4.78, 5) is 28.2. The van der Waals surface area contributed by atoms with Crippen molar-refractivity contribution in [3.8, 4) is 23.6 Å². The molecule has 0 atom stereocenters. The highest BCUT2D eigenvalue weighted by atomic mass is 32.2. The molecule has 2 aliphatic rings. The van der Waals surface area contributed by atoms with Crippen LogP contribution in [0.25, 0.3) is 0 Å². The largest absolute Gasteiger partial charge is 0.424 e. The highest BCUT2D eigenvalue weighted by molar-refractivity contribution is 8.25. The molecule has 0 aromatic heterocycles. The topological polar surface area (TPSA) is 100 Å². The van der Waals surface area contributed by atoms with Crippen LogP contribution in [0.2, 0.25) is 0 Å². The minimum absolute atomic E-state index is 0.307. The molecule has 0 fully saturated rings. The first-order valence-corrected chi connectivity index (χ1v) is 15.2. The van der Waals surface area contributed by atoms with Crippen molar-refractivity contribution in [2.24, 2.45) is 0 Å². The van der Waals surface area contributed by atoms with E-state index in [9.17, 15) is 20.1 Å². The van der Waals surface area contributed by atoms with Crippen molar-refractivity contribution < 1.29 is 19.1 Å². The van der Waals surface area contributed by atoms with Crippen LogP contribution in [-0.2, 0) is 9.59 Å². The second-order valence-electron chi connectivity index (χ2n) is 8.29. The van der Waals surface area contributed by atoms with Crippen LogP contribution >= 0.6 is 47.0 Å². The van der Waals surface area contributed by atoms with E-state index in [1.165, 1.54) is 47.0 Å². The molecule has 10 heteroatoms. The Kier molecular flexibility index (Phi) is 10.7. The molecule has 0 aliphatic carbocycles. The third kappa shape index (κ3) is 6.66. The number of carbonyl (C=O) groups is 2. The van der Waals surface area contributed by atoms with Gasteiger partial charge in [-0.15, -0.1) is 0 Å². The summed E-state index contributed by atoms with van der Waals surface area (Å²) in [6.07, 6.45) is 5.98. The van der Waals surface area contributed by atoms with Crippen LogP contribution < -0.4 is 9.47 Å². The predicted octanol–water partition coefficient (Wildman–Crippen LogP) is 8.56. The van der Waals surface area contributed by atoms with Crippen LogP contribution in [0.5, 0.6) is 11.5 Å². The van der Waals surface area contributed by atoms with Gasteiger partial charge >= 0.3 is 11.9 Å². The SMILES string of the molecule is CCCCCC(=O)Oc1c2c(c(OC(=O)CCCCC)c3c1SC(=C(C)C#N)S3)SC(=C(C)C#N)S2. The van der Waals surface area contributed by atoms with Gasteiger partial charge in [0.05, 0.1) is 40.2 Å². The van der Waals surface area contributed by atoms with Crippen molar-refractivity contribution in [3.63, 3.8) is 0 Å². The summed E-state index contributed by atoms with van der Waals surface area (Å²) >= 11 is 5.43. The molecule has 0 spiro atoms. The minimum atomic E-state index is -0.322. The predicted molar refractivity (Wildman–Crippen MR) is 146 cm³/mol. The second-order valence-corrected chi connectivity index (χ2v) is 12.9.